The van der Waals surface area contributed by atoms with Crippen LogP contribution < -0.4 is 0 Å². The Morgan fingerprint density at radius 1 is 1.28 bits per heavy atom. The number of hydrogen-bond acceptors (Lipinski definition) is 5. The van der Waals surface area contributed by atoms with Gasteiger partial charge in [-0.15, -0.1) is 11.3 Å². The Hall–Kier alpha value is -2.47. The number of thiazole rings is 1. The van der Waals surface area contributed by atoms with Gasteiger partial charge in [0.1, 0.15) is 10.7 Å². The lowest BCUT2D eigenvalue weighted by atomic mass is 10.0. The first-order valence-corrected chi connectivity index (χ1v) is 9.35. The van der Waals surface area contributed by atoms with Gasteiger partial charge in [0.2, 0.25) is 5.76 Å². The van der Waals surface area contributed by atoms with Crippen LogP contribution in [0.25, 0.3) is 11.3 Å². The van der Waals surface area contributed by atoms with Crippen LogP contribution in [-0.2, 0) is 0 Å². The van der Waals surface area contributed by atoms with Gasteiger partial charge < -0.3 is 9.42 Å². The highest BCUT2D eigenvalue weighted by Crippen LogP contribution is 2.34. The first-order valence-electron chi connectivity index (χ1n) is 8.47. The molecular formula is C19H19N3O2S. The van der Waals surface area contributed by atoms with Crippen molar-refractivity contribution < 1.29 is 9.32 Å². The molecule has 3 heterocycles. The number of carbonyl (C=O) groups is 1. The van der Waals surface area contributed by atoms with E-state index in [9.17, 15) is 4.79 Å². The highest BCUT2D eigenvalue weighted by molar-refractivity contribution is 7.09. The van der Waals surface area contributed by atoms with E-state index < -0.39 is 0 Å². The highest BCUT2D eigenvalue weighted by Gasteiger charge is 2.32. The van der Waals surface area contributed by atoms with Gasteiger partial charge in [0.25, 0.3) is 5.91 Å². The fourth-order valence-corrected chi connectivity index (χ4v) is 4.16. The fraction of sp³-hybridized carbons (Fsp3) is 0.316. The van der Waals surface area contributed by atoms with Crippen molar-refractivity contribution in [2.45, 2.75) is 32.2 Å². The summed E-state index contributed by atoms with van der Waals surface area (Å²) in [4.78, 5) is 19.5. The Bertz CT molecular complexity index is 872. The molecule has 0 aliphatic carbocycles. The quantitative estimate of drug-likeness (QED) is 0.697. The third-order valence-electron chi connectivity index (χ3n) is 4.48. The number of rotatable bonds is 3. The number of carbonyl (C=O) groups excluding carboxylic acids is 1. The molecule has 1 unspecified atom stereocenters. The summed E-state index contributed by atoms with van der Waals surface area (Å²) < 4.78 is 5.37. The van der Waals surface area contributed by atoms with Crippen LogP contribution in [0.4, 0.5) is 0 Å². The van der Waals surface area contributed by atoms with Gasteiger partial charge in [0.05, 0.1) is 6.04 Å². The van der Waals surface area contributed by atoms with Crippen molar-refractivity contribution >= 4 is 17.2 Å². The zero-order valence-electron chi connectivity index (χ0n) is 14.0. The van der Waals surface area contributed by atoms with Crippen molar-refractivity contribution in [3.05, 3.63) is 58.2 Å². The van der Waals surface area contributed by atoms with Crippen LogP contribution >= 0.6 is 11.3 Å². The number of piperidine rings is 1. The Morgan fingerprint density at radius 3 is 2.88 bits per heavy atom. The second kappa shape index (κ2) is 6.80. The van der Waals surface area contributed by atoms with E-state index in [1.54, 1.807) is 17.4 Å². The lowest BCUT2D eigenvalue weighted by Gasteiger charge is -2.33. The van der Waals surface area contributed by atoms with Gasteiger partial charge in [-0.25, -0.2) is 4.98 Å². The monoisotopic (exact) mass is 353 g/mol. The average molecular weight is 353 g/mol. The third kappa shape index (κ3) is 3.22. The van der Waals surface area contributed by atoms with Crippen molar-refractivity contribution in [3.63, 3.8) is 0 Å². The highest BCUT2D eigenvalue weighted by atomic mass is 32.1. The summed E-state index contributed by atoms with van der Waals surface area (Å²) in [7, 11) is 0. The fourth-order valence-electron chi connectivity index (χ4n) is 3.22. The number of nitrogens with zero attached hydrogens (tertiary/aromatic N) is 3. The van der Waals surface area contributed by atoms with Gasteiger partial charge in [-0.05, 0) is 26.2 Å². The molecule has 3 aromatic rings. The van der Waals surface area contributed by atoms with E-state index in [2.05, 4.69) is 10.1 Å². The maximum absolute atomic E-state index is 13.0. The number of amides is 1. The molecule has 2 aromatic heterocycles. The van der Waals surface area contributed by atoms with Crippen molar-refractivity contribution in [1.82, 2.24) is 15.0 Å². The molecule has 0 bridgehead atoms. The number of aromatic nitrogens is 2. The molecule has 25 heavy (non-hydrogen) atoms. The number of likely N-dealkylation sites (tertiary alicyclic amines) is 1. The molecule has 1 aromatic carbocycles. The molecule has 0 N–H and O–H groups in total. The van der Waals surface area contributed by atoms with Crippen LogP contribution in [0.15, 0.2) is 46.3 Å². The molecule has 128 valence electrons. The average Bonchev–Trinajstić information content (AvgIpc) is 3.31. The van der Waals surface area contributed by atoms with Gasteiger partial charge in [-0.2, -0.15) is 0 Å². The van der Waals surface area contributed by atoms with Crippen molar-refractivity contribution in [3.8, 4) is 11.3 Å². The minimum absolute atomic E-state index is 0.0326. The summed E-state index contributed by atoms with van der Waals surface area (Å²) in [6.07, 6.45) is 3.06. The predicted molar refractivity (Wildman–Crippen MR) is 96.4 cm³/mol. The molecule has 1 saturated heterocycles. The molecule has 6 heteroatoms. The van der Waals surface area contributed by atoms with E-state index in [-0.39, 0.29) is 11.9 Å². The molecule has 5 nitrogen and oxygen atoms in total. The van der Waals surface area contributed by atoms with E-state index in [0.29, 0.717) is 11.5 Å². The Labute approximate surface area is 150 Å². The molecule has 4 rings (SSSR count). The van der Waals surface area contributed by atoms with Crippen molar-refractivity contribution in [2.24, 2.45) is 0 Å². The van der Waals surface area contributed by atoms with Gasteiger partial charge in [0, 0.05) is 29.2 Å². The van der Waals surface area contributed by atoms with E-state index in [1.807, 2.05) is 47.5 Å². The second-order valence-corrected chi connectivity index (χ2v) is 7.17. The number of hydrogen-bond donors (Lipinski definition) is 0. The summed E-state index contributed by atoms with van der Waals surface area (Å²) >= 11 is 1.62. The Kier molecular flexibility index (Phi) is 4.36. The summed E-state index contributed by atoms with van der Waals surface area (Å²) in [5.41, 5.74) is 2.63. The molecule has 0 radical (unpaired) electrons. The first kappa shape index (κ1) is 16.0. The first-order chi connectivity index (χ1) is 12.2. The smallest absolute Gasteiger partial charge is 0.293 e. The van der Waals surface area contributed by atoms with Crippen LogP contribution in [0.1, 0.15) is 46.6 Å². The second-order valence-electron chi connectivity index (χ2n) is 6.28. The minimum atomic E-state index is -0.104. The Morgan fingerprint density at radius 2 is 2.12 bits per heavy atom. The van der Waals surface area contributed by atoms with Crippen molar-refractivity contribution in [2.75, 3.05) is 6.54 Å². The summed E-state index contributed by atoms with van der Waals surface area (Å²) in [5.74, 6) is 0.186. The maximum Gasteiger partial charge on any atom is 0.293 e. The van der Waals surface area contributed by atoms with Gasteiger partial charge >= 0.3 is 0 Å². The zero-order valence-corrected chi connectivity index (χ0v) is 14.8. The van der Waals surface area contributed by atoms with Gasteiger partial charge in [-0.3, -0.25) is 4.79 Å². The van der Waals surface area contributed by atoms with E-state index in [1.165, 1.54) is 0 Å². The SMILES string of the molecule is Cc1csc(C2CCCCN2C(=O)c2cc(-c3ccccc3)no2)n1. The molecule has 1 amide bonds. The predicted octanol–water partition coefficient (Wildman–Crippen LogP) is 4.47. The minimum Gasteiger partial charge on any atom is -0.350 e. The summed E-state index contributed by atoms with van der Waals surface area (Å²) in [6.45, 7) is 2.71. The van der Waals surface area contributed by atoms with Crippen LogP contribution in [-0.4, -0.2) is 27.5 Å². The maximum atomic E-state index is 13.0. The normalized spacial score (nSPS) is 17.6. The zero-order chi connectivity index (χ0) is 17.2. The van der Waals surface area contributed by atoms with Crippen LogP contribution in [0.2, 0.25) is 0 Å². The molecule has 1 fully saturated rings. The molecule has 1 aliphatic heterocycles. The molecular weight excluding hydrogens is 334 g/mol. The standard InChI is InChI=1S/C19H19N3O2S/c1-13-12-25-18(20-13)16-9-5-6-10-22(16)19(23)17-11-15(21-24-17)14-7-3-2-4-8-14/h2-4,7-8,11-12,16H,5-6,9-10H2,1H3. The third-order valence-corrected chi connectivity index (χ3v) is 5.54. The number of benzene rings is 1. The van der Waals surface area contributed by atoms with E-state index in [0.717, 1.165) is 42.1 Å². The Balaban J connectivity index is 1.60. The van der Waals surface area contributed by atoms with Crippen LogP contribution in [0, 0.1) is 6.92 Å². The van der Waals surface area contributed by atoms with Gasteiger partial charge in [-0.1, -0.05) is 35.5 Å². The van der Waals surface area contributed by atoms with Crippen molar-refractivity contribution in [1.29, 1.82) is 0 Å². The summed E-state index contributed by atoms with van der Waals surface area (Å²) in [5, 5.41) is 7.11. The molecule has 0 saturated carbocycles. The molecule has 0 spiro atoms. The number of aryl methyl sites for hydroxylation is 1. The summed E-state index contributed by atoms with van der Waals surface area (Å²) in [6, 6.07) is 11.5. The van der Waals surface area contributed by atoms with Crippen LogP contribution in [0.3, 0.4) is 0 Å². The van der Waals surface area contributed by atoms with E-state index >= 15 is 0 Å². The largest absolute Gasteiger partial charge is 0.350 e. The van der Waals surface area contributed by atoms with Crippen LogP contribution in [0.5, 0.6) is 0 Å². The lowest BCUT2D eigenvalue weighted by molar-refractivity contribution is 0.0569. The topological polar surface area (TPSA) is 59.2 Å². The van der Waals surface area contributed by atoms with E-state index in [4.69, 9.17) is 4.52 Å². The van der Waals surface area contributed by atoms with Gasteiger partial charge in [0.15, 0.2) is 0 Å². The molecule has 1 aliphatic rings. The lowest BCUT2D eigenvalue weighted by Crippen LogP contribution is -2.38. The molecule has 1 atom stereocenters.